The fraction of sp³-hybridized carbons (Fsp3) is 0.105. The molecule has 4 aromatic rings. The lowest BCUT2D eigenvalue weighted by Crippen LogP contribution is -2.15. The molecule has 0 saturated carbocycles. The molecule has 0 radical (unpaired) electrons. The van der Waals surface area contributed by atoms with Crippen LogP contribution in [0, 0.1) is 0 Å². The minimum absolute atomic E-state index is 0.0190. The number of rotatable bonds is 6. The minimum atomic E-state index is -3.84. The molecule has 30 heavy (non-hydrogen) atoms. The highest BCUT2D eigenvalue weighted by atomic mass is 32.2. The first kappa shape index (κ1) is 19.5. The number of carbonyl (C=O) groups excluding carboxylic acids is 1. The van der Waals surface area contributed by atoms with Crippen molar-refractivity contribution in [3.05, 3.63) is 66.5 Å². The van der Waals surface area contributed by atoms with E-state index in [4.69, 9.17) is 0 Å². The summed E-state index contributed by atoms with van der Waals surface area (Å²) in [6.07, 6.45) is 2.87. The molecule has 0 saturated heterocycles. The van der Waals surface area contributed by atoms with Crippen molar-refractivity contribution < 1.29 is 13.2 Å². The molecule has 0 fully saturated rings. The molecule has 152 valence electrons. The summed E-state index contributed by atoms with van der Waals surface area (Å²) in [6.45, 7) is 2.64. The van der Waals surface area contributed by atoms with Crippen molar-refractivity contribution in [1.82, 2.24) is 25.0 Å². The van der Waals surface area contributed by atoms with E-state index in [9.17, 15) is 13.2 Å². The number of anilines is 2. The van der Waals surface area contributed by atoms with Crippen LogP contribution in [-0.2, 0) is 16.6 Å². The molecular formula is C19H17N7O3S. The van der Waals surface area contributed by atoms with E-state index in [1.165, 1.54) is 36.7 Å². The van der Waals surface area contributed by atoms with Crippen LogP contribution in [0.25, 0.3) is 11.0 Å². The van der Waals surface area contributed by atoms with Crippen molar-refractivity contribution in [3.63, 3.8) is 0 Å². The second kappa shape index (κ2) is 7.87. The molecule has 11 heteroatoms. The van der Waals surface area contributed by atoms with Crippen LogP contribution in [0.15, 0.2) is 65.8 Å². The number of aryl methyl sites for hydroxylation is 1. The van der Waals surface area contributed by atoms with Crippen molar-refractivity contribution in [1.29, 1.82) is 0 Å². The quantitative estimate of drug-likeness (QED) is 0.486. The number of aromatic nitrogens is 5. The fourth-order valence-electron chi connectivity index (χ4n) is 2.80. The SMILES string of the molecule is CCn1nnc2cc(C(=O)Nc3ccc(S(=O)(=O)Nc4ncccn4)cc3)ccc21. The number of sulfonamides is 1. The van der Waals surface area contributed by atoms with Crippen LogP contribution in [0.5, 0.6) is 0 Å². The smallest absolute Gasteiger partial charge is 0.264 e. The second-order valence-electron chi connectivity index (χ2n) is 6.27. The van der Waals surface area contributed by atoms with Gasteiger partial charge in [-0.15, -0.1) is 5.10 Å². The zero-order valence-electron chi connectivity index (χ0n) is 15.8. The summed E-state index contributed by atoms with van der Waals surface area (Å²) in [7, 11) is -3.84. The number of hydrogen-bond acceptors (Lipinski definition) is 7. The highest BCUT2D eigenvalue weighted by molar-refractivity contribution is 7.92. The van der Waals surface area contributed by atoms with Gasteiger partial charge in [-0.05, 0) is 55.5 Å². The summed E-state index contributed by atoms with van der Waals surface area (Å²) in [5, 5.41) is 10.8. The van der Waals surface area contributed by atoms with Crippen LogP contribution < -0.4 is 10.0 Å². The largest absolute Gasteiger partial charge is 0.322 e. The second-order valence-corrected chi connectivity index (χ2v) is 7.95. The normalized spacial score (nSPS) is 11.4. The van der Waals surface area contributed by atoms with E-state index in [0.29, 0.717) is 23.3 Å². The van der Waals surface area contributed by atoms with E-state index in [2.05, 4.69) is 30.3 Å². The summed E-state index contributed by atoms with van der Waals surface area (Å²) >= 11 is 0. The van der Waals surface area contributed by atoms with Gasteiger partial charge in [0.2, 0.25) is 5.95 Å². The molecule has 0 atom stereocenters. The van der Waals surface area contributed by atoms with Gasteiger partial charge in [-0.2, -0.15) is 0 Å². The van der Waals surface area contributed by atoms with Crippen LogP contribution in [0.2, 0.25) is 0 Å². The minimum Gasteiger partial charge on any atom is -0.322 e. The monoisotopic (exact) mass is 423 g/mol. The highest BCUT2D eigenvalue weighted by Gasteiger charge is 2.16. The Balaban J connectivity index is 1.48. The van der Waals surface area contributed by atoms with Crippen molar-refractivity contribution in [3.8, 4) is 0 Å². The summed E-state index contributed by atoms with van der Waals surface area (Å²) < 4.78 is 28.9. The van der Waals surface area contributed by atoms with Gasteiger partial charge >= 0.3 is 0 Å². The van der Waals surface area contributed by atoms with Gasteiger partial charge in [0.25, 0.3) is 15.9 Å². The Morgan fingerprint density at radius 2 is 1.80 bits per heavy atom. The van der Waals surface area contributed by atoms with Crippen molar-refractivity contribution >= 4 is 38.6 Å². The molecule has 2 N–H and O–H groups in total. The molecule has 2 aromatic heterocycles. The van der Waals surface area contributed by atoms with Crippen molar-refractivity contribution in [2.75, 3.05) is 10.0 Å². The number of nitrogens with one attached hydrogen (secondary N) is 2. The highest BCUT2D eigenvalue weighted by Crippen LogP contribution is 2.18. The van der Waals surface area contributed by atoms with Gasteiger partial charge in [0.15, 0.2) is 0 Å². The zero-order valence-corrected chi connectivity index (χ0v) is 16.7. The van der Waals surface area contributed by atoms with E-state index in [1.807, 2.05) is 6.92 Å². The first-order valence-electron chi connectivity index (χ1n) is 9.01. The lowest BCUT2D eigenvalue weighted by atomic mass is 10.2. The Morgan fingerprint density at radius 3 is 2.50 bits per heavy atom. The average Bonchev–Trinajstić information content (AvgIpc) is 3.17. The van der Waals surface area contributed by atoms with Gasteiger partial charge < -0.3 is 5.32 Å². The molecule has 2 heterocycles. The van der Waals surface area contributed by atoms with Crippen LogP contribution in [-0.4, -0.2) is 39.3 Å². The van der Waals surface area contributed by atoms with E-state index >= 15 is 0 Å². The number of hydrogen-bond donors (Lipinski definition) is 2. The summed E-state index contributed by atoms with van der Waals surface area (Å²) in [5.74, 6) is -0.361. The molecule has 0 aliphatic carbocycles. The van der Waals surface area contributed by atoms with E-state index in [0.717, 1.165) is 5.52 Å². The van der Waals surface area contributed by atoms with Gasteiger partial charge in [-0.1, -0.05) is 5.21 Å². The summed E-state index contributed by atoms with van der Waals surface area (Å²) in [5.41, 5.74) is 2.34. The molecular weight excluding hydrogens is 406 g/mol. The van der Waals surface area contributed by atoms with Gasteiger partial charge in [0, 0.05) is 30.2 Å². The van der Waals surface area contributed by atoms with Gasteiger partial charge in [-0.3, -0.25) is 4.79 Å². The Labute approximate surface area is 172 Å². The third-order valence-corrected chi connectivity index (χ3v) is 5.63. The lowest BCUT2D eigenvalue weighted by molar-refractivity contribution is 0.102. The van der Waals surface area contributed by atoms with Crippen molar-refractivity contribution in [2.45, 2.75) is 18.4 Å². The van der Waals surface area contributed by atoms with Crippen LogP contribution in [0.4, 0.5) is 11.6 Å². The predicted molar refractivity (Wildman–Crippen MR) is 110 cm³/mol. The number of benzene rings is 2. The molecule has 0 bridgehead atoms. The first-order chi connectivity index (χ1) is 14.5. The Bertz CT molecular complexity index is 1300. The maximum absolute atomic E-state index is 12.5. The van der Waals surface area contributed by atoms with E-state index in [-0.39, 0.29) is 16.8 Å². The molecule has 10 nitrogen and oxygen atoms in total. The van der Waals surface area contributed by atoms with Crippen molar-refractivity contribution in [2.24, 2.45) is 0 Å². The van der Waals surface area contributed by atoms with Crippen LogP contribution >= 0.6 is 0 Å². The molecule has 2 aromatic carbocycles. The van der Waals surface area contributed by atoms with E-state index < -0.39 is 10.0 Å². The molecule has 0 spiro atoms. The van der Waals surface area contributed by atoms with E-state index in [1.54, 1.807) is 28.9 Å². The number of nitrogens with zero attached hydrogens (tertiary/aromatic N) is 5. The first-order valence-corrected chi connectivity index (χ1v) is 10.5. The number of amides is 1. The molecule has 0 unspecified atom stereocenters. The Morgan fingerprint density at radius 1 is 1.07 bits per heavy atom. The topological polar surface area (TPSA) is 132 Å². The standard InChI is InChI=1S/C19H17N7O3S/c1-2-26-17-9-4-13(12-16(17)23-25-26)18(27)22-14-5-7-15(8-6-14)30(28,29)24-19-20-10-3-11-21-19/h3-12H,2H2,1H3,(H,22,27)(H,20,21,24). The molecule has 0 aliphatic heterocycles. The third kappa shape index (κ3) is 3.96. The zero-order chi connectivity index (χ0) is 21.1. The lowest BCUT2D eigenvalue weighted by Gasteiger charge is -2.08. The maximum atomic E-state index is 12.5. The Kier molecular flexibility index (Phi) is 5.11. The Hall–Kier alpha value is -3.86. The third-order valence-electron chi connectivity index (χ3n) is 4.29. The van der Waals surface area contributed by atoms with Crippen LogP contribution in [0.1, 0.15) is 17.3 Å². The number of carbonyl (C=O) groups is 1. The van der Waals surface area contributed by atoms with Crippen LogP contribution in [0.3, 0.4) is 0 Å². The van der Waals surface area contributed by atoms with Gasteiger partial charge in [0.05, 0.1) is 10.4 Å². The average molecular weight is 423 g/mol. The fourth-order valence-corrected chi connectivity index (χ4v) is 3.76. The van der Waals surface area contributed by atoms with Gasteiger partial charge in [0.1, 0.15) is 5.52 Å². The number of fused-ring (bicyclic) bond motifs is 1. The predicted octanol–water partition coefficient (Wildman–Crippen LogP) is 2.29. The summed E-state index contributed by atoms with van der Waals surface area (Å²) in [4.78, 5) is 20.2. The van der Waals surface area contributed by atoms with Gasteiger partial charge in [-0.25, -0.2) is 27.8 Å². The maximum Gasteiger partial charge on any atom is 0.264 e. The summed E-state index contributed by atoms with van der Waals surface area (Å²) in [6, 6.07) is 12.5. The molecule has 0 aliphatic rings. The molecule has 1 amide bonds. The molecule has 4 rings (SSSR count).